The Morgan fingerprint density at radius 3 is 3.25 bits per heavy atom. The fourth-order valence-electron chi connectivity index (χ4n) is 2.38. The van der Waals surface area contributed by atoms with Crippen molar-refractivity contribution < 1.29 is 9.53 Å². The highest BCUT2D eigenvalue weighted by molar-refractivity contribution is 5.98. The highest BCUT2D eigenvalue weighted by Crippen LogP contribution is 2.34. The van der Waals surface area contributed by atoms with Gasteiger partial charge in [0.25, 0.3) is 5.91 Å². The quantitative estimate of drug-likeness (QED) is 0.710. The van der Waals surface area contributed by atoms with Crippen LogP contribution in [0.4, 0.5) is 0 Å². The Morgan fingerprint density at radius 1 is 1.56 bits per heavy atom. The van der Waals surface area contributed by atoms with Crippen molar-refractivity contribution >= 4 is 5.91 Å². The standard InChI is InChI=1S/C12H14N2O2/c1-2-8-3-4-9-11(13-8)10-7-16-6-5-14(10)12(9)15/h3-4,10H,2,5-7H2,1H3. The number of nitrogens with zero attached hydrogens (tertiary/aromatic N) is 2. The molecule has 0 saturated carbocycles. The minimum atomic E-state index is 0.0442. The van der Waals surface area contributed by atoms with E-state index in [-0.39, 0.29) is 11.9 Å². The van der Waals surface area contributed by atoms with Gasteiger partial charge < -0.3 is 9.64 Å². The molecule has 3 rings (SSSR count). The third kappa shape index (κ3) is 1.26. The Hall–Kier alpha value is -1.42. The van der Waals surface area contributed by atoms with Crippen LogP contribution in [0.3, 0.4) is 0 Å². The fourth-order valence-corrected chi connectivity index (χ4v) is 2.38. The second-order valence-corrected chi connectivity index (χ2v) is 4.18. The summed E-state index contributed by atoms with van der Waals surface area (Å²) in [6.45, 7) is 3.97. The minimum Gasteiger partial charge on any atom is -0.377 e. The summed E-state index contributed by atoms with van der Waals surface area (Å²) in [6.07, 6.45) is 0.898. The lowest BCUT2D eigenvalue weighted by atomic mass is 10.1. The van der Waals surface area contributed by atoms with Crippen LogP contribution in [0.15, 0.2) is 12.1 Å². The van der Waals surface area contributed by atoms with Crippen LogP contribution >= 0.6 is 0 Å². The van der Waals surface area contributed by atoms with E-state index in [1.54, 1.807) is 0 Å². The number of aromatic nitrogens is 1. The molecule has 4 heteroatoms. The second kappa shape index (κ2) is 3.56. The first-order valence-electron chi connectivity index (χ1n) is 5.69. The number of amides is 1. The van der Waals surface area contributed by atoms with Gasteiger partial charge in [-0.15, -0.1) is 0 Å². The van der Waals surface area contributed by atoms with Crippen molar-refractivity contribution in [2.75, 3.05) is 19.8 Å². The van der Waals surface area contributed by atoms with Gasteiger partial charge in [-0.3, -0.25) is 9.78 Å². The maximum absolute atomic E-state index is 12.1. The molecule has 1 saturated heterocycles. The molecule has 1 atom stereocenters. The van der Waals surface area contributed by atoms with Gasteiger partial charge >= 0.3 is 0 Å². The van der Waals surface area contributed by atoms with E-state index in [9.17, 15) is 4.79 Å². The third-order valence-electron chi connectivity index (χ3n) is 3.28. The number of ether oxygens (including phenoxy) is 1. The average molecular weight is 218 g/mol. The molecule has 1 aromatic heterocycles. The largest absolute Gasteiger partial charge is 0.377 e. The Kier molecular flexibility index (Phi) is 2.17. The third-order valence-corrected chi connectivity index (χ3v) is 3.28. The summed E-state index contributed by atoms with van der Waals surface area (Å²) in [7, 11) is 0. The van der Waals surface area contributed by atoms with E-state index in [4.69, 9.17) is 4.74 Å². The number of hydrogen-bond acceptors (Lipinski definition) is 3. The predicted octanol–water partition coefficient (Wildman–Crippen LogP) is 1.17. The molecule has 3 heterocycles. The first-order chi connectivity index (χ1) is 7.81. The summed E-state index contributed by atoms with van der Waals surface area (Å²) < 4.78 is 5.43. The number of pyridine rings is 1. The molecule has 1 unspecified atom stereocenters. The Balaban J connectivity index is 2.07. The van der Waals surface area contributed by atoms with E-state index in [1.165, 1.54) is 0 Å². The van der Waals surface area contributed by atoms with Crippen molar-refractivity contribution in [3.8, 4) is 0 Å². The smallest absolute Gasteiger partial charge is 0.256 e. The average Bonchev–Trinajstić information content (AvgIpc) is 2.64. The summed E-state index contributed by atoms with van der Waals surface area (Å²) in [4.78, 5) is 18.5. The molecule has 1 aromatic rings. The lowest BCUT2D eigenvalue weighted by molar-refractivity contribution is 0.00352. The van der Waals surface area contributed by atoms with Crippen molar-refractivity contribution in [3.63, 3.8) is 0 Å². The van der Waals surface area contributed by atoms with Crippen LogP contribution < -0.4 is 0 Å². The van der Waals surface area contributed by atoms with Gasteiger partial charge in [0.2, 0.25) is 0 Å². The van der Waals surface area contributed by atoms with Gasteiger partial charge in [-0.1, -0.05) is 6.92 Å². The van der Waals surface area contributed by atoms with E-state index in [0.717, 1.165) is 23.4 Å². The number of carbonyl (C=O) groups excluding carboxylic acids is 1. The molecule has 2 aliphatic rings. The lowest BCUT2D eigenvalue weighted by Crippen LogP contribution is -2.38. The van der Waals surface area contributed by atoms with Crippen LogP contribution in [0, 0.1) is 0 Å². The molecule has 2 aliphatic heterocycles. The van der Waals surface area contributed by atoms with Crippen LogP contribution in [-0.4, -0.2) is 35.5 Å². The summed E-state index contributed by atoms with van der Waals surface area (Å²) in [5.74, 6) is 0.110. The Bertz CT molecular complexity index is 445. The lowest BCUT2D eigenvalue weighted by Gasteiger charge is -2.29. The van der Waals surface area contributed by atoms with Gasteiger partial charge in [-0.05, 0) is 18.6 Å². The topological polar surface area (TPSA) is 42.4 Å². The predicted molar refractivity (Wildman–Crippen MR) is 58.2 cm³/mol. The van der Waals surface area contributed by atoms with Gasteiger partial charge in [-0.25, -0.2) is 0 Å². The van der Waals surface area contributed by atoms with Crippen LogP contribution in [-0.2, 0) is 11.2 Å². The first-order valence-corrected chi connectivity index (χ1v) is 5.69. The molecular weight excluding hydrogens is 204 g/mol. The van der Waals surface area contributed by atoms with Gasteiger partial charge in [-0.2, -0.15) is 0 Å². The fraction of sp³-hybridized carbons (Fsp3) is 0.500. The maximum Gasteiger partial charge on any atom is 0.256 e. The number of carbonyl (C=O) groups is 1. The van der Waals surface area contributed by atoms with E-state index >= 15 is 0 Å². The van der Waals surface area contributed by atoms with Gasteiger partial charge in [0, 0.05) is 12.2 Å². The zero-order valence-corrected chi connectivity index (χ0v) is 9.27. The monoisotopic (exact) mass is 218 g/mol. The van der Waals surface area contributed by atoms with Crippen LogP contribution in [0.2, 0.25) is 0 Å². The Morgan fingerprint density at radius 2 is 2.44 bits per heavy atom. The SMILES string of the molecule is CCc1ccc2c(n1)C1COCCN1C2=O. The Labute approximate surface area is 94.2 Å². The van der Waals surface area contributed by atoms with Crippen molar-refractivity contribution in [3.05, 3.63) is 29.1 Å². The molecule has 0 aliphatic carbocycles. The number of aryl methyl sites for hydroxylation is 1. The number of morpholine rings is 1. The molecule has 1 fully saturated rings. The van der Waals surface area contributed by atoms with E-state index in [1.807, 2.05) is 17.0 Å². The molecule has 0 spiro atoms. The number of hydrogen-bond donors (Lipinski definition) is 0. The molecule has 0 aromatic carbocycles. The normalized spacial score (nSPS) is 23.2. The van der Waals surface area contributed by atoms with Gasteiger partial charge in [0.1, 0.15) is 0 Å². The molecule has 0 radical (unpaired) electrons. The molecular formula is C12H14N2O2. The maximum atomic E-state index is 12.1. The molecule has 0 N–H and O–H groups in total. The molecule has 1 amide bonds. The van der Waals surface area contributed by atoms with Crippen molar-refractivity contribution in [2.45, 2.75) is 19.4 Å². The van der Waals surface area contributed by atoms with E-state index in [0.29, 0.717) is 19.8 Å². The highest BCUT2D eigenvalue weighted by Gasteiger charge is 2.39. The van der Waals surface area contributed by atoms with E-state index < -0.39 is 0 Å². The van der Waals surface area contributed by atoms with Crippen molar-refractivity contribution in [1.82, 2.24) is 9.88 Å². The number of fused-ring (bicyclic) bond motifs is 3. The van der Waals surface area contributed by atoms with Gasteiger partial charge in [0.15, 0.2) is 0 Å². The zero-order chi connectivity index (χ0) is 11.1. The van der Waals surface area contributed by atoms with Crippen molar-refractivity contribution in [1.29, 1.82) is 0 Å². The van der Waals surface area contributed by atoms with Gasteiger partial charge in [0.05, 0.1) is 30.5 Å². The zero-order valence-electron chi connectivity index (χ0n) is 9.27. The summed E-state index contributed by atoms with van der Waals surface area (Å²) in [5.41, 5.74) is 2.70. The van der Waals surface area contributed by atoms with E-state index in [2.05, 4.69) is 11.9 Å². The van der Waals surface area contributed by atoms with Crippen LogP contribution in [0.1, 0.15) is 34.7 Å². The minimum absolute atomic E-state index is 0.0442. The van der Waals surface area contributed by atoms with Crippen LogP contribution in [0.25, 0.3) is 0 Å². The molecule has 0 bridgehead atoms. The number of rotatable bonds is 1. The summed E-state index contributed by atoms with van der Waals surface area (Å²) in [5, 5.41) is 0. The van der Waals surface area contributed by atoms with Crippen LogP contribution in [0.5, 0.6) is 0 Å². The summed E-state index contributed by atoms with van der Waals surface area (Å²) in [6, 6.07) is 3.89. The highest BCUT2D eigenvalue weighted by atomic mass is 16.5. The summed E-state index contributed by atoms with van der Waals surface area (Å²) >= 11 is 0. The molecule has 16 heavy (non-hydrogen) atoms. The molecule has 84 valence electrons. The van der Waals surface area contributed by atoms with Crippen molar-refractivity contribution in [2.24, 2.45) is 0 Å². The molecule has 4 nitrogen and oxygen atoms in total. The second-order valence-electron chi connectivity index (χ2n) is 4.18. The first kappa shape index (κ1) is 9.78.